The molecule has 5 nitrogen and oxygen atoms in total. The van der Waals surface area contributed by atoms with Crippen molar-refractivity contribution in [2.45, 2.75) is 44.2 Å². The van der Waals surface area contributed by atoms with Gasteiger partial charge in [-0.3, -0.25) is 4.79 Å². The number of carbonyl (C=O) groups is 1. The molecule has 0 bridgehead atoms. The lowest BCUT2D eigenvalue weighted by Crippen LogP contribution is -2.46. The number of piperidine rings is 1. The zero-order valence-electron chi connectivity index (χ0n) is 12.1. The van der Waals surface area contributed by atoms with Gasteiger partial charge in [-0.2, -0.15) is 0 Å². The Hall–Kier alpha value is -1.75. The van der Waals surface area contributed by atoms with Gasteiger partial charge in [-0.05, 0) is 50.4 Å². The molecule has 1 aromatic rings. The Labute approximate surface area is 124 Å². The van der Waals surface area contributed by atoms with Crippen LogP contribution in [0.25, 0.3) is 0 Å². The molecule has 1 unspecified atom stereocenters. The molecule has 3 rings (SSSR count). The van der Waals surface area contributed by atoms with Crippen molar-refractivity contribution < 1.29 is 15.0 Å². The fraction of sp³-hybridized carbons (Fsp3) is 0.562. The summed E-state index contributed by atoms with van der Waals surface area (Å²) in [6.45, 7) is 1.75. The van der Waals surface area contributed by atoms with Gasteiger partial charge in [-0.1, -0.05) is 6.42 Å². The van der Waals surface area contributed by atoms with Gasteiger partial charge in [-0.15, -0.1) is 0 Å². The predicted octanol–water partition coefficient (Wildman–Crippen LogP) is 1.84. The normalized spacial score (nSPS) is 22.0. The van der Waals surface area contributed by atoms with E-state index in [4.69, 9.17) is 0 Å². The monoisotopic (exact) mass is 290 g/mol. The standard InChI is InChI=1S/C16H22N2O3/c19-14-7-4-11(9-15(14)20)16(21)18(13-5-6-13)10-12-3-1-2-8-17-12/h4,7,9,12-13,17,19-20H,1-3,5-6,8,10H2. The first-order valence-electron chi connectivity index (χ1n) is 7.71. The molecule has 2 fully saturated rings. The molecule has 1 aromatic carbocycles. The molecular weight excluding hydrogens is 268 g/mol. The molecular formula is C16H22N2O3. The minimum absolute atomic E-state index is 0.0554. The van der Waals surface area contributed by atoms with Crippen LogP contribution in [0.1, 0.15) is 42.5 Å². The highest BCUT2D eigenvalue weighted by atomic mass is 16.3. The Morgan fingerprint density at radius 1 is 1.19 bits per heavy atom. The summed E-state index contributed by atoms with van der Waals surface area (Å²) in [5, 5.41) is 22.4. The molecule has 0 radical (unpaired) electrons. The summed E-state index contributed by atoms with van der Waals surface area (Å²) in [5.74, 6) is -0.494. The van der Waals surface area contributed by atoms with E-state index in [1.807, 2.05) is 4.90 Å². The summed E-state index contributed by atoms with van der Waals surface area (Å²) >= 11 is 0. The molecule has 1 aliphatic heterocycles. The lowest BCUT2D eigenvalue weighted by molar-refractivity contribution is 0.0717. The highest BCUT2D eigenvalue weighted by molar-refractivity contribution is 5.95. The van der Waals surface area contributed by atoms with Crippen molar-refractivity contribution in [2.24, 2.45) is 0 Å². The maximum Gasteiger partial charge on any atom is 0.254 e. The summed E-state index contributed by atoms with van der Waals surface area (Å²) < 4.78 is 0. The van der Waals surface area contributed by atoms with E-state index in [2.05, 4.69) is 5.32 Å². The quantitative estimate of drug-likeness (QED) is 0.740. The fourth-order valence-corrected chi connectivity index (χ4v) is 2.92. The van der Waals surface area contributed by atoms with Crippen LogP contribution in [0.5, 0.6) is 11.5 Å². The third kappa shape index (κ3) is 3.29. The lowest BCUT2D eigenvalue weighted by atomic mass is 10.0. The maximum atomic E-state index is 12.7. The van der Waals surface area contributed by atoms with Crippen LogP contribution in [0.3, 0.4) is 0 Å². The number of nitrogens with one attached hydrogen (secondary N) is 1. The van der Waals surface area contributed by atoms with E-state index in [9.17, 15) is 15.0 Å². The van der Waals surface area contributed by atoms with Gasteiger partial charge in [0, 0.05) is 24.2 Å². The molecule has 1 saturated carbocycles. The SMILES string of the molecule is O=C(c1ccc(O)c(O)c1)N(CC1CCCCN1)C1CC1. The summed E-state index contributed by atoms with van der Waals surface area (Å²) in [5.41, 5.74) is 0.438. The molecule has 21 heavy (non-hydrogen) atoms. The van der Waals surface area contributed by atoms with Crippen molar-refractivity contribution in [2.75, 3.05) is 13.1 Å². The summed E-state index contributed by atoms with van der Waals surface area (Å²) in [4.78, 5) is 14.6. The molecule has 1 amide bonds. The number of amides is 1. The third-order valence-corrected chi connectivity index (χ3v) is 4.30. The number of nitrogens with zero attached hydrogens (tertiary/aromatic N) is 1. The highest BCUT2D eigenvalue weighted by Gasteiger charge is 2.34. The second-order valence-electron chi connectivity index (χ2n) is 6.04. The Morgan fingerprint density at radius 3 is 2.62 bits per heavy atom. The first-order valence-corrected chi connectivity index (χ1v) is 7.71. The average molecular weight is 290 g/mol. The topological polar surface area (TPSA) is 72.8 Å². The fourth-order valence-electron chi connectivity index (χ4n) is 2.92. The number of hydrogen-bond acceptors (Lipinski definition) is 4. The van der Waals surface area contributed by atoms with Crippen molar-refractivity contribution >= 4 is 5.91 Å². The van der Waals surface area contributed by atoms with Gasteiger partial charge in [0.1, 0.15) is 0 Å². The number of aromatic hydroxyl groups is 2. The maximum absolute atomic E-state index is 12.7. The van der Waals surface area contributed by atoms with E-state index < -0.39 is 0 Å². The first-order chi connectivity index (χ1) is 10.1. The van der Waals surface area contributed by atoms with E-state index in [1.165, 1.54) is 25.0 Å². The summed E-state index contributed by atoms with van der Waals surface area (Å²) in [6, 6.07) is 4.99. The number of hydrogen-bond donors (Lipinski definition) is 3. The number of phenols is 2. The molecule has 1 heterocycles. The molecule has 3 N–H and O–H groups in total. The average Bonchev–Trinajstić information content (AvgIpc) is 3.33. The molecule has 1 atom stereocenters. The highest BCUT2D eigenvalue weighted by Crippen LogP contribution is 2.31. The molecule has 1 aliphatic carbocycles. The first kappa shape index (κ1) is 14.2. The van der Waals surface area contributed by atoms with Gasteiger partial charge in [-0.25, -0.2) is 0 Å². The van der Waals surface area contributed by atoms with Crippen LogP contribution < -0.4 is 5.32 Å². The molecule has 1 saturated heterocycles. The van der Waals surface area contributed by atoms with E-state index in [0.717, 1.165) is 32.4 Å². The van der Waals surface area contributed by atoms with E-state index in [0.29, 0.717) is 17.6 Å². The molecule has 114 valence electrons. The molecule has 0 aromatic heterocycles. The largest absolute Gasteiger partial charge is 0.504 e. The van der Waals surface area contributed by atoms with Crippen LogP contribution in [0, 0.1) is 0 Å². The van der Waals surface area contributed by atoms with Crippen molar-refractivity contribution in [1.82, 2.24) is 10.2 Å². The summed E-state index contributed by atoms with van der Waals surface area (Å²) in [7, 11) is 0. The van der Waals surface area contributed by atoms with Crippen LogP contribution in [-0.4, -0.2) is 46.2 Å². The Kier molecular flexibility index (Phi) is 4.01. The predicted molar refractivity (Wildman–Crippen MR) is 79.5 cm³/mol. The molecule has 2 aliphatic rings. The van der Waals surface area contributed by atoms with Crippen LogP contribution in [0.4, 0.5) is 0 Å². The summed E-state index contributed by atoms with van der Waals surface area (Å²) in [6.07, 6.45) is 5.65. The Bertz CT molecular complexity index is 522. The Morgan fingerprint density at radius 2 is 2.00 bits per heavy atom. The smallest absolute Gasteiger partial charge is 0.254 e. The second kappa shape index (κ2) is 5.93. The number of carbonyl (C=O) groups excluding carboxylic acids is 1. The number of phenolic OH excluding ortho intramolecular Hbond substituents is 2. The van der Waals surface area contributed by atoms with Gasteiger partial charge < -0.3 is 20.4 Å². The molecule has 0 spiro atoms. The lowest BCUT2D eigenvalue weighted by Gasteiger charge is -2.31. The van der Waals surface area contributed by atoms with Crippen molar-refractivity contribution in [3.63, 3.8) is 0 Å². The van der Waals surface area contributed by atoms with Gasteiger partial charge in [0.15, 0.2) is 11.5 Å². The zero-order valence-corrected chi connectivity index (χ0v) is 12.1. The van der Waals surface area contributed by atoms with Crippen molar-refractivity contribution in [3.8, 4) is 11.5 Å². The van der Waals surface area contributed by atoms with Crippen LogP contribution in [-0.2, 0) is 0 Å². The van der Waals surface area contributed by atoms with E-state index in [1.54, 1.807) is 6.07 Å². The van der Waals surface area contributed by atoms with Crippen LogP contribution in [0.2, 0.25) is 0 Å². The van der Waals surface area contributed by atoms with Gasteiger partial charge in [0.05, 0.1) is 0 Å². The number of benzene rings is 1. The zero-order chi connectivity index (χ0) is 14.8. The van der Waals surface area contributed by atoms with Crippen molar-refractivity contribution in [1.29, 1.82) is 0 Å². The Balaban J connectivity index is 1.73. The number of rotatable bonds is 4. The minimum atomic E-state index is -0.243. The van der Waals surface area contributed by atoms with Gasteiger partial charge >= 0.3 is 0 Å². The minimum Gasteiger partial charge on any atom is -0.504 e. The van der Waals surface area contributed by atoms with Crippen LogP contribution >= 0.6 is 0 Å². The second-order valence-corrected chi connectivity index (χ2v) is 6.04. The van der Waals surface area contributed by atoms with E-state index in [-0.39, 0.29) is 17.4 Å². The van der Waals surface area contributed by atoms with Crippen molar-refractivity contribution in [3.05, 3.63) is 23.8 Å². The van der Waals surface area contributed by atoms with Gasteiger partial charge in [0.25, 0.3) is 5.91 Å². The van der Waals surface area contributed by atoms with Crippen LogP contribution in [0.15, 0.2) is 18.2 Å². The third-order valence-electron chi connectivity index (χ3n) is 4.30. The van der Waals surface area contributed by atoms with Gasteiger partial charge in [0.2, 0.25) is 0 Å². The molecule has 5 heteroatoms. The van der Waals surface area contributed by atoms with E-state index >= 15 is 0 Å².